The van der Waals surface area contributed by atoms with Crippen LogP contribution in [-0.2, 0) is 10.3 Å². The highest BCUT2D eigenvalue weighted by Gasteiger charge is 2.46. The van der Waals surface area contributed by atoms with E-state index in [9.17, 15) is 9.59 Å². The number of hydrogen-bond acceptors (Lipinski definition) is 2. The lowest BCUT2D eigenvalue weighted by Crippen LogP contribution is -2.47. The summed E-state index contributed by atoms with van der Waals surface area (Å²) >= 11 is 6.03. The van der Waals surface area contributed by atoms with E-state index in [4.69, 9.17) is 16.7 Å². The zero-order valence-corrected chi connectivity index (χ0v) is 13.6. The van der Waals surface area contributed by atoms with Crippen molar-refractivity contribution in [3.05, 3.63) is 34.9 Å². The summed E-state index contributed by atoms with van der Waals surface area (Å²) in [5.41, 5.74) is 0.738. The molecule has 0 aliphatic heterocycles. The van der Waals surface area contributed by atoms with Gasteiger partial charge in [0.05, 0.1) is 11.5 Å². The number of carbonyl (C=O) groups excluding carboxylic acids is 1. The number of amides is 2. The molecule has 6 heteroatoms. The van der Waals surface area contributed by atoms with E-state index < -0.39 is 5.97 Å². The van der Waals surface area contributed by atoms with Crippen molar-refractivity contribution in [2.75, 3.05) is 0 Å². The van der Waals surface area contributed by atoms with Gasteiger partial charge < -0.3 is 15.7 Å². The summed E-state index contributed by atoms with van der Waals surface area (Å²) in [4.78, 5) is 23.2. The SMILES string of the molecule is O=C(NC1CCC(C(=O)O)CC1)NC1(c2cccc(Cl)c2)CC1. The van der Waals surface area contributed by atoms with E-state index in [0.717, 1.165) is 18.4 Å². The van der Waals surface area contributed by atoms with Crippen LogP contribution < -0.4 is 10.6 Å². The van der Waals surface area contributed by atoms with Crippen molar-refractivity contribution < 1.29 is 14.7 Å². The highest BCUT2D eigenvalue weighted by molar-refractivity contribution is 6.30. The Bertz CT molecular complexity index is 608. The molecule has 0 spiro atoms. The first-order chi connectivity index (χ1) is 11.0. The van der Waals surface area contributed by atoms with Gasteiger partial charge in [0.1, 0.15) is 0 Å². The fourth-order valence-corrected chi connectivity index (χ4v) is 3.51. The monoisotopic (exact) mass is 336 g/mol. The molecule has 5 nitrogen and oxygen atoms in total. The molecule has 0 heterocycles. The van der Waals surface area contributed by atoms with Crippen LogP contribution in [-0.4, -0.2) is 23.1 Å². The molecular weight excluding hydrogens is 316 g/mol. The maximum absolute atomic E-state index is 12.3. The van der Waals surface area contributed by atoms with E-state index in [0.29, 0.717) is 30.7 Å². The third-order valence-corrected chi connectivity index (χ3v) is 5.13. The van der Waals surface area contributed by atoms with Crippen molar-refractivity contribution in [2.45, 2.75) is 50.1 Å². The molecule has 0 saturated heterocycles. The molecule has 2 amide bonds. The first-order valence-corrected chi connectivity index (χ1v) is 8.44. The number of rotatable bonds is 4. The number of nitrogens with one attached hydrogen (secondary N) is 2. The topological polar surface area (TPSA) is 78.4 Å². The Labute approximate surface area is 140 Å². The predicted molar refractivity (Wildman–Crippen MR) is 87.4 cm³/mol. The summed E-state index contributed by atoms with van der Waals surface area (Å²) in [6.07, 6.45) is 4.50. The Kier molecular flexibility index (Phi) is 4.48. The lowest BCUT2D eigenvalue weighted by atomic mass is 9.86. The summed E-state index contributed by atoms with van der Waals surface area (Å²) in [6.45, 7) is 0. The van der Waals surface area contributed by atoms with E-state index in [2.05, 4.69) is 10.6 Å². The molecule has 0 unspecified atom stereocenters. The Hall–Kier alpha value is -1.75. The average molecular weight is 337 g/mol. The minimum absolute atomic E-state index is 0.0563. The van der Waals surface area contributed by atoms with Crippen molar-refractivity contribution in [3.8, 4) is 0 Å². The molecule has 2 aliphatic rings. The van der Waals surface area contributed by atoms with Crippen molar-refractivity contribution in [1.82, 2.24) is 10.6 Å². The largest absolute Gasteiger partial charge is 0.481 e. The lowest BCUT2D eigenvalue weighted by Gasteiger charge is -2.28. The number of aliphatic carboxylic acids is 1. The first kappa shape index (κ1) is 16.1. The van der Waals surface area contributed by atoms with Gasteiger partial charge in [-0.1, -0.05) is 23.7 Å². The van der Waals surface area contributed by atoms with Crippen LogP contribution in [0, 0.1) is 5.92 Å². The van der Waals surface area contributed by atoms with Crippen LogP contribution >= 0.6 is 11.6 Å². The Morgan fingerprint density at radius 3 is 2.43 bits per heavy atom. The smallest absolute Gasteiger partial charge is 0.315 e. The second kappa shape index (κ2) is 6.40. The van der Waals surface area contributed by atoms with E-state index in [1.807, 2.05) is 24.3 Å². The zero-order chi connectivity index (χ0) is 16.4. The van der Waals surface area contributed by atoms with Gasteiger partial charge in [-0.15, -0.1) is 0 Å². The van der Waals surface area contributed by atoms with Crippen LogP contribution in [0.2, 0.25) is 5.02 Å². The van der Waals surface area contributed by atoms with Crippen LogP contribution in [0.15, 0.2) is 24.3 Å². The van der Waals surface area contributed by atoms with Crippen molar-refractivity contribution in [3.63, 3.8) is 0 Å². The number of carboxylic acid groups (broad SMARTS) is 1. The molecule has 23 heavy (non-hydrogen) atoms. The van der Waals surface area contributed by atoms with Crippen LogP contribution in [0.4, 0.5) is 4.79 Å². The van der Waals surface area contributed by atoms with E-state index in [1.54, 1.807) is 0 Å². The highest BCUT2D eigenvalue weighted by atomic mass is 35.5. The lowest BCUT2D eigenvalue weighted by molar-refractivity contribution is -0.142. The zero-order valence-electron chi connectivity index (χ0n) is 12.8. The van der Waals surface area contributed by atoms with Crippen LogP contribution in [0.3, 0.4) is 0 Å². The summed E-state index contributed by atoms with van der Waals surface area (Å²) in [5, 5.41) is 15.7. The highest BCUT2D eigenvalue weighted by Crippen LogP contribution is 2.46. The number of hydrogen-bond donors (Lipinski definition) is 3. The summed E-state index contributed by atoms with van der Waals surface area (Å²) < 4.78 is 0. The quantitative estimate of drug-likeness (QED) is 0.789. The molecule has 0 atom stereocenters. The van der Waals surface area contributed by atoms with Gasteiger partial charge in [0.2, 0.25) is 0 Å². The van der Waals surface area contributed by atoms with E-state index >= 15 is 0 Å². The molecular formula is C17H21ClN2O3. The number of carbonyl (C=O) groups is 2. The molecule has 0 radical (unpaired) electrons. The minimum atomic E-state index is -0.731. The second-order valence-corrected chi connectivity index (χ2v) is 7.01. The maximum Gasteiger partial charge on any atom is 0.315 e. The van der Waals surface area contributed by atoms with Gasteiger partial charge in [-0.2, -0.15) is 0 Å². The van der Waals surface area contributed by atoms with Crippen molar-refractivity contribution in [1.29, 1.82) is 0 Å². The molecule has 2 aliphatic carbocycles. The average Bonchev–Trinajstić information content (AvgIpc) is 3.28. The molecule has 0 bridgehead atoms. The normalized spacial score (nSPS) is 25.4. The molecule has 0 aromatic heterocycles. The second-order valence-electron chi connectivity index (χ2n) is 6.58. The molecule has 1 aromatic rings. The molecule has 3 rings (SSSR count). The van der Waals surface area contributed by atoms with Gasteiger partial charge in [-0.05, 0) is 56.2 Å². The Morgan fingerprint density at radius 2 is 1.87 bits per heavy atom. The minimum Gasteiger partial charge on any atom is -0.481 e. The fraction of sp³-hybridized carbons (Fsp3) is 0.529. The van der Waals surface area contributed by atoms with Gasteiger partial charge >= 0.3 is 12.0 Å². The number of halogens is 1. The number of urea groups is 1. The van der Waals surface area contributed by atoms with E-state index in [1.165, 1.54) is 0 Å². The van der Waals surface area contributed by atoms with Crippen molar-refractivity contribution >= 4 is 23.6 Å². The maximum atomic E-state index is 12.3. The molecule has 3 N–H and O–H groups in total. The Balaban J connectivity index is 1.53. The standard InChI is InChI=1S/C17H21ClN2O3/c18-13-3-1-2-12(10-13)17(8-9-17)20-16(23)19-14-6-4-11(5-7-14)15(21)22/h1-3,10-11,14H,4-9H2,(H,21,22)(H2,19,20,23). The van der Waals surface area contributed by atoms with Gasteiger partial charge in [0.15, 0.2) is 0 Å². The van der Waals surface area contributed by atoms with E-state index in [-0.39, 0.29) is 23.5 Å². The van der Waals surface area contributed by atoms with Crippen molar-refractivity contribution in [2.24, 2.45) is 5.92 Å². The van der Waals surface area contributed by atoms with Gasteiger partial charge in [0, 0.05) is 11.1 Å². The molecule has 2 saturated carbocycles. The predicted octanol–water partition coefficient (Wildman–Crippen LogP) is 3.27. The summed E-state index contributed by atoms with van der Waals surface area (Å²) in [6, 6.07) is 7.47. The fourth-order valence-electron chi connectivity index (χ4n) is 3.32. The first-order valence-electron chi connectivity index (χ1n) is 8.06. The van der Waals surface area contributed by atoms with Gasteiger partial charge in [-0.3, -0.25) is 4.79 Å². The van der Waals surface area contributed by atoms with Crippen LogP contribution in [0.25, 0.3) is 0 Å². The molecule has 2 fully saturated rings. The summed E-state index contributed by atoms with van der Waals surface area (Å²) in [5.74, 6) is -0.997. The van der Waals surface area contributed by atoms with Gasteiger partial charge in [0.25, 0.3) is 0 Å². The van der Waals surface area contributed by atoms with Crippen LogP contribution in [0.5, 0.6) is 0 Å². The third kappa shape index (κ3) is 3.78. The van der Waals surface area contributed by atoms with Gasteiger partial charge in [-0.25, -0.2) is 4.79 Å². The van der Waals surface area contributed by atoms with Crippen LogP contribution in [0.1, 0.15) is 44.1 Å². The third-order valence-electron chi connectivity index (χ3n) is 4.89. The molecule has 1 aromatic carbocycles. The summed E-state index contributed by atoms with van der Waals surface area (Å²) in [7, 11) is 0. The Morgan fingerprint density at radius 1 is 1.17 bits per heavy atom. The molecule has 124 valence electrons. The number of carboxylic acids is 1. The number of benzene rings is 1.